The second-order valence-corrected chi connectivity index (χ2v) is 8.72. The number of hydrogen-bond acceptors (Lipinski definition) is 2. The standard InChI is InChI=1S/C19H28O2/c1-18-7-3-4-14(18)17-15(6-8-18)19(2)9-5-13(20)10-12(19)11-16(17)21/h3,7,12,14-17,21H,4-6,8-11H2,1-2H3/t12-,14+,15+,16-,17+,18+,19+/m1/s1. The molecule has 2 nitrogen and oxygen atoms in total. The third-order valence-electron chi connectivity index (χ3n) is 7.83. The van der Waals surface area contributed by atoms with Crippen LogP contribution < -0.4 is 0 Å². The summed E-state index contributed by atoms with van der Waals surface area (Å²) in [7, 11) is 0. The van der Waals surface area contributed by atoms with Crippen molar-refractivity contribution in [2.45, 2.75) is 64.9 Å². The Bertz CT molecular complexity index is 496. The van der Waals surface area contributed by atoms with Crippen LogP contribution in [0.1, 0.15) is 58.8 Å². The van der Waals surface area contributed by atoms with Crippen LogP contribution in [0.2, 0.25) is 0 Å². The van der Waals surface area contributed by atoms with Crippen molar-refractivity contribution in [2.75, 3.05) is 0 Å². The Morgan fingerprint density at radius 3 is 2.86 bits per heavy atom. The van der Waals surface area contributed by atoms with E-state index in [0.29, 0.717) is 40.3 Å². The highest BCUT2D eigenvalue weighted by Crippen LogP contribution is 2.64. The number of Topliss-reactive ketones (excluding diaryl/α,β-unsaturated/α-hetero) is 1. The maximum atomic E-state index is 11.9. The fraction of sp³-hybridized carbons (Fsp3) is 0.842. The first kappa shape index (κ1) is 14.0. The topological polar surface area (TPSA) is 37.3 Å². The van der Waals surface area contributed by atoms with E-state index in [1.807, 2.05) is 0 Å². The van der Waals surface area contributed by atoms with Gasteiger partial charge < -0.3 is 5.11 Å². The van der Waals surface area contributed by atoms with E-state index in [4.69, 9.17) is 0 Å². The largest absolute Gasteiger partial charge is 0.393 e. The highest BCUT2D eigenvalue weighted by molar-refractivity contribution is 5.79. The lowest BCUT2D eigenvalue weighted by Gasteiger charge is -2.61. The van der Waals surface area contributed by atoms with Crippen LogP contribution in [-0.2, 0) is 4.79 Å². The molecule has 0 spiro atoms. The molecule has 0 aliphatic heterocycles. The fourth-order valence-electron chi connectivity index (χ4n) is 6.50. The molecule has 4 aliphatic carbocycles. The van der Waals surface area contributed by atoms with Crippen molar-refractivity contribution >= 4 is 5.78 Å². The van der Waals surface area contributed by atoms with Gasteiger partial charge in [0.15, 0.2) is 0 Å². The molecule has 3 saturated carbocycles. The van der Waals surface area contributed by atoms with Gasteiger partial charge in [0, 0.05) is 12.8 Å². The van der Waals surface area contributed by atoms with Gasteiger partial charge >= 0.3 is 0 Å². The van der Waals surface area contributed by atoms with Gasteiger partial charge in [0.05, 0.1) is 6.10 Å². The molecule has 7 atom stereocenters. The van der Waals surface area contributed by atoms with E-state index in [1.54, 1.807) is 0 Å². The van der Waals surface area contributed by atoms with Crippen LogP contribution in [0.15, 0.2) is 12.2 Å². The van der Waals surface area contributed by atoms with Gasteiger partial charge in [0.2, 0.25) is 0 Å². The van der Waals surface area contributed by atoms with Crippen molar-refractivity contribution in [3.63, 3.8) is 0 Å². The molecule has 0 saturated heterocycles. The number of fused-ring (bicyclic) bond motifs is 5. The third kappa shape index (κ3) is 1.84. The minimum absolute atomic E-state index is 0.191. The van der Waals surface area contributed by atoms with E-state index in [1.165, 1.54) is 12.8 Å². The summed E-state index contributed by atoms with van der Waals surface area (Å²) in [5, 5.41) is 10.9. The SMILES string of the molecule is C[C@]12CCC(=O)C[C@@H]1C[C@@H](O)[C@@H]1[C@@H]2CC[C@]2(C)C=CC[C@@H]12. The normalized spacial score (nSPS) is 55.8. The first-order valence-corrected chi connectivity index (χ1v) is 8.81. The zero-order valence-electron chi connectivity index (χ0n) is 13.3. The molecule has 4 rings (SSSR count). The molecule has 0 radical (unpaired) electrons. The molecular formula is C19H28O2. The molecule has 0 bridgehead atoms. The summed E-state index contributed by atoms with van der Waals surface area (Å²) in [6, 6.07) is 0. The van der Waals surface area contributed by atoms with Crippen LogP contribution >= 0.6 is 0 Å². The van der Waals surface area contributed by atoms with Gasteiger partial charge in [0.1, 0.15) is 5.78 Å². The Kier molecular flexibility index (Phi) is 2.96. The molecule has 1 N–H and O–H groups in total. The predicted molar refractivity (Wildman–Crippen MR) is 82.6 cm³/mol. The summed E-state index contributed by atoms with van der Waals surface area (Å²) < 4.78 is 0. The minimum atomic E-state index is -0.191. The Morgan fingerprint density at radius 2 is 2.05 bits per heavy atom. The summed E-state index contributed by atoms with van der Waals surface area (Å²) in [6.07, 6.45) is 11.6. The second-order valence-electron chi connectivity index (χ2n) is 8.72. The molecule has 0 aromatic rings. The van der Waals surface area contributed by atoms with Crippen LogP contribution in [0.4, 0.5) is 0 Å². The summed E-state index contributed by atoms with van der Waals surface area (Å²) in [5.41, 5.74) is 0.609. The van der Waals surface area contributed by atoms with Crippen LogP contribution in [0.5, 0.6) is 0 Å². The maximum absolute atomic E-state index is 11.9. The predicted octanol–water partition coefficient (Wildman–Crippen LogP) is 3.74. The molecule has 21 heavy (non-hydrogen) atoms. The van der Waals surface area contributed by atoms with Gasteiger partial charge in [-0.15, -0.1) is 0 Å². The monoisotopic (exact) mass is 288 g/mol. The number of hydrogen-bond donors (Lipinski definition) is 1. The number of carbonyl (C=O) groups is 1. The molecule has 4 aliphatic rings. The van der Waals surface area contributed by atoms with Gasteiger partial charge in [-0.2, -0.15) is 0 Å². The zero-order valence-corrected chi connectivity index (χ0v) is 13.3. The van der Waals surface area contributed by atoms with Crippen molar-refractivity contribution in [3.8, 4) is 0 Å². The van der Waals surface area contributed by atoms with Crippen LogP contribution in [-0.4, -0.2) is 17.0 Å². The average Bonchev–Trinajstić information content (AvgIpc) is 2.82. The van der Waals surface area contributed by atoms with E-state index in [9.17, 15) is 9.90 Å². The highest BCUT2D eigenvalue weighted by atomic mass is 16.3. The molecule has 116 valence electrons. The number of carbonyl (C=O) groups excluding carboxylic acids is 1. The summed E-state index contributed by atoms with van der Waals surface area (Å²) in [5.74, 6) is 2.55. The first-order valence-electron chi connectivity index (χ1n) is 8.81. The molecule has 0 aromatic heterocycles. The van der Waals surface area contributed by atoms with Crippen LogP contribution in [0.3, 0.4) is 0 Å². The number of rotatable bonds is 0. The van der Waals surface area contributed by atoms with Gasteiger partial charge in [-0.3, -0.25) is 4.79 Å². The first-order chi connectivity index (χ1) is 9.94. The Morgan fingerprint density at radius 1 is 1.24 bits per heavy atom. The lowest BCUT2D eigenvalue weighted by Crippen LogP contribution is -2.57. The van der Waals surface area contributed by atoms with E-state index >= 15 is 0 Å². The van der Waals surface area contributed by atoms with Gasteiger partial charge in [-0.05, 0) is 66.6 Å². The summed E-state index contributed by atoms with van der Waals surface area (Å²) >= 11 is 0. The van der Waals surface area contributed by atoms with Crippen molar-refractivity contribution in [2.24, 2.45) is 34.5 Å². The quantitative estimate of drug-likeness (QED) is 0.690. The van der Waals surface area contributed by atoms with Crippen molar-refractivity contribution in [1.29, 1.82) is 0 Å². The van der Waals surface area contributed by atoms with Crippen LogP contribution in [0.25, 0.3) is 0 Å². The van der Waals surface area contributed by atoms with Crippen molar-refractivity contribution < 1.29 is 9.90 Å². The average molecular weight is 288 g/mol. The number of aliphatic hydroxyl groups excluding tert-OH is 1. The van der Waals surface area contributed by atoms with E-state index < -0.39 is 0 Å². The molecule has 0 amide bonds. The summed E-state index contributed by atoms with van der Waals surface area (Å²) in [6.45, 7) is 4.82. The Balaban J connectivity index is 1.69. The summed E-state index contributed by atoms with van der Waals surface area (Å²) in [4.78, 5) is 11.9. The smallest absolute Gasteiger partial charge is 0.133 e. The van der Waals surface area contributed by atoms with Gasteiger partial charge in [0.25, 0.3) is 0 Å². The van der Waals surface area contributed by atoms with Gasteiger partial charge in [-0.1, -0.05) is 26.0 Å². The Hall–Kier alpha value is -0.630. The molecule has 0 heterocycles. The maximum Gasteiger partial charge on any atom is 0.133 e. The lowest BCUT2D eigenvalue weighted by atomic mass is 9.44. The molecule has 0 aromatic carbocycles. The minimum Gasteiger partial charge on any atom is -0.393 e. The van der Waals surface area contributed by atoms with E-state index in [-0.39, 0.29) is 6.10 Å². The number of ketones is 1. The number of aliphatic hydroxyl groups is 1. The fourth-order valence-corrected chi connectivity index (χ4v) is 6.50. The molecule has 3 fully saturated rings. The van der Waals surface area contributed by atoms with Crippen molar-refractivity contribution in [1.82, 2.24) is 0 Å². The third-order valence-corrected chi connectivity index (χ3v) is 7.83. The lowest BCUT2D eigenvalue weighted by molar-refractivity contribution is -0.160. The Labute approximate surface area is 128 Å². The molecular weight excluding hydrogens is 260 g/mol. The zero-order chi connectivity index (χ0) is 14.8. The van der Waals surface area contributed by atoms with Gasteiger partial charge in [-0.25, -0.2) is 0 Å². The highest BCUT2D eigenvalue weighted by Gasteiger charge is 2.59. The van der Waals surface area contributed by atoms with E-state index in [2.05, 4.69) is 26.0 Å². The molecule has 2 heteroatoms. The van der Waals surface area contributed by atoms with Crippen LogP contribution in [0, 0.1) is 34.5 Å². The number of allylic oxidation sites excluding steroid dienone is 2. The molecule has 0 unspecified atom stereocenters. The second kappa shape index (κ2) is 4.44. The van der Waals surface area contributed by atoms with E-state index in [0.717, 1.165) is 32.1 Å². The van der Waals surface area contributed by atoms with Crippen molar-refractivity contribution in [3.05, 3.63) is 12.2 Å².